The molecular weight excluding hydrogens is 249 g/mol. The lowest BCUT2D eigenvalue weighted by atomic mass is 10.1. The molecule has 0 N–H and O–H groups in total. The number of halogens is 3. The van der Waals surface area contributed by atoms with E-state index in [9.17, 15) is 18.0 Å². The van der Waals surface area contributed by atoms with Crippen LogP contribution in [0, 0.1) is 12.3 Å². The third kappa shape index (κ3) is 2.78. The first-order valence-electron chi connectivity index (χ1n) is 4.68. The number of amides is 1. The average Bonchev–Trinajstić information content (AvgIpc) is 2.35. The van der Waals surface area contributed by atoms with Gasteiger partial charge in [-0.3, -0.25) is 9.63 Å². The highest BCUT2D eigenvalue weighted by Gasteiger charge is 2.33. The molecule has 0 fully saturated rings. The van der Waals surface area contributed by atoms with Crippen molar-refractivity contribution in [2.75, 3.05) is 14.2 Å². The number of pyridine rings is 1. The van der Waals surface area contributed by atoms with Gasteiger partial charge in [0.15, 0.2) is 0 Å². The van der Waals surface area contributed by atoms with Gasteiger partial charge in [-0.05, 0) is 18.1 Å². The van der Waals surface area contributed by atoms with Gasteiger partial charge in [0.05, 0.1) is 12.7 Å². The lowest BCUT2D eigenvalue weighted by Gasteiger charge is -2.15. The van der Waals surface area contributed by atoms with Gasteiger partial charge in [0, 0.05) is 7.05 Å². The molecule has 4 nitrogen and oxygen atoms in total. The van der Waals surface area contributed by atoms with Crippen LogP contribution in [0.15, 0.2) is 12.1 Å². The molecule has 0 saturated carbocycles. The largest absolute Gasteiger partial charge is 0.433 e. The fraction of sp³-hybridized carbons (Fsp3) is 0.273. The van der Waals surface area contributed by atoms with Crippen LogP contribution in [0.5, 0.6) is 0 Å². The van der Waals surface area contributed by atoms with E-state index in [0.717, 1.165) is 11.1 Å². The van der Waals surface area contributed by atoms with E-state index in [0.29, 0.717) is 6.07 Å². The Morgan fingerprint density at radius 1 is 1.50 bits per heavy atom. The number of rotatable bonds is 2. The second-order valence-electron chi connectivity index (χ2n) is 3.22. The molecule has 0 aromatic carbocycles. The van der Waals surface area contributed by atoms with Crippen LogP contribution in [0.2, 0.25) is 0 Å². The number of carbonyl (C=O) groups excluding carboxylic acids is 1. The van der Waals surface area contributed by atoms with Gasteiger partial charge in [0.1, 0.15) is 11.4 Å². The maximum Gasteiger partial charge on any atom is 0.433 e. The summed E-state index contributed by atoms with van der Waals surface area (Å²) < 4.78 is 37.2. The van der Waals surface area contributed by atoms with Crippen LogP contribution in [0.25, 0.3) is 0 Å². The van der Waals surface area contributed by atoms with E-state index in [1.165, 1.54) is 14.2 Å². The molecule has 0 aliphatic rings. The lowest BCUT2D eigenvalue weighted by Crippen LogP contribution is -2.26. The van der Waals surface area contributed by atoms with Crippen molar-refractivity contribution in [2.45, 2.75) is 6.18 Å². The summed E-state index contributed by atoms with van der Waals surface area (Å²) in [5.74, 6) is 1.28. The molecule has 0 saturated heterocycles. The number of alkyl halides is 3. The summed E-state index contributed by atoms with van der Waals surface area (Å²) in [4.78, 5) is 19.6. The summed E-state index contributed by atoms with van der Waals surface area (Å²) in [5.41, 5.74) is -1.65. The van der Waals surface area contributed by atoms with Gasteiger partial charge in [0.2, 0.25) is 0 Å². The third-order valence-corrected chi connectivity index (χ3v) is 2.11. The van der Waals surface area contributed by atoms with Crippen LogP contribution in [0.3, 0.4) is 0 Å². The van der Waals surface area contributed by atoms with Gasteiger partial charge in [-0.25, -0.2) is 10.0 Å². The monoisotopic (exact) mass is 258 g/mol. The number of nitrogens with zero attached hydrogens (tertiary/aromatic N) is 2. The highest BCUT2D eigenvalue weighted by molar-refractivity contribution is 5.95. The van der Waals surface area contributed by atoms with Gasteiger partial charge < -0.3 is 0 Å². The van der Waals surface area contributed by atoms with E-state index in [-0.39, 0.29) is 11.3 Å². The molecule has 0 bridgehead atoms. The van der Waals surface area contributed by atoms with E-state index in [4.69, 9.17) is 6.42 Å². The predicted molar refractivity (Wildman–Crippen MR) is 56.3 cm³/mol. The molecule has 96 valence electrons. The Kier molecular flexibility index (Phi) is 3.93. The first kappa shape index (κ1) is 14.0. The topological polar surface area (TPSA) is 42.4 Å². The number of aromatic nitrogens is 1. The summed E-state index contributed by atoms with van der Waals surface area (Å²) >= 11 is 0. The van der Waals surface area contributed by atoms with E-state index in [1.54, 1.807) is 0 Å². The van der Waals surface area contributed by atoms with Gasteiger partial charge in [-0.1, -0.05) is 0 Å². The fourth-order valence-corrected chi connectivity index (χ4v) is 1.15. The molecule has 7 heteroatoms. The molecule has 0 atom stereocenters. The zero-order valence-corrected chi connectivity index (χ0v) is 9.58. The summed E-state index contributed by atoms with van der Waals surface area (Å²) in [5, 5.41) is 0.838. The van der Waals surface area contributed by atoms with Crippen LogP contribution in [0.4, 0.5) is 13.2 Å². The zero-order chi connectivity index (χ0) is 13.9. The third-order valence-electron chi connectivity index (χ3n) is 2.11. The Morgan fingerprint density at radius 3 is 2.56 bits per heavy atom. The van der Waals surface area contributed by atoms with Gasteiger partial charge in [-0.15, -0.1) is 6.42 Å². The summed E-state index contributed by atoms with van der Waals surface area (Å²) in [6.07, 6.45) is 0.440. The summed E-state index contributed by atoms with van der Waals surface area (Å²) in [6, 6.07) is 1.67. The normalized spacial score (nSPS) is 10.9. The molecule has 1 aromatic heterocycles. The molecule has 0 radical (unpaired) electrons. The van der Waals surface area contributed by atoms with E-state index < -0.39 is 17.8 Å². The molecule has 0 unspecified atom stereocenters. The van der Waals surface area contributed by atoms with Crippen molar-refractivity contribution < 1.29 is 22.8 Å². The van der Waals surface area contributed by atoms with Crippen molar-refractivity contribution in [2.24, 2.45) is 0 Å². The quantitative estimate of drug-likeness (QED) is 0.599. The number of hydrogen-bond acceptors (Lipinski definition) is 3. The van der Waals surface area contributed by atoms with Gasteiger partial charge in [0.25, 0.3) is 5.91 Å². The van der Waals surface area contributed by atoms with Gasteiger partial charge in [-0.2, -0.15) is 13.2 Å². The Morgan fingerprint density at radius 2 is 2.11 bits per heavy atom. The second-order valence-corrected chi connectivity index (χ2v) is 3.22. The van der Waals surface area contributed by atoms with Crippen molar-refractivity contribution >= 4 is 5.91 Å². The molecular formula is C11H9F3N2O2. The second kappa shape index (κ2) is 5.06. The van der Waals surface area contributed by atoms with Crippen LogP contribution >= 0.6 is 0 Å². The zero-order valence-electron chi connectivity index (χ0n) is 9.58. The fourth-order valence-electron chi connectivity index (χ4n) is 1.15. The average molecular weight is 258 g/mol. The van der Waals surface area contributed by atoms with Crippen molar-refractivity contribution in [3.05, 3.63) is 29.1 Å². The lowest BCUT2D eigenvalue weighted by molar-refractivity contribution is -0.141. The van der Waals surface area contributed by atoms with E-state index >= 15 is 0 Å². The standard InChI is InChI=1S/C11H9F3N2O2/c1-4-8-7(10(17)16(2)18-3)5-6-9(15-8)11(12,13)14/h1,5-6H,2-3H3. The SMILES string of the molecule is C#Cc1nc(C(F)(F)F)ccc1C(=O)N(C)OC. The number of hydrogen-bond donors (Lipinski definition) is 0. The van der Waals surface area contributed by atoms with Crippen molar-refractivity contribution in [3.8, 4) is 12.3 Å². The predicted octanol–water partition coefficient (Wildman–Crippen LogP) is 1.72. The van der Waals surface area contributed by atoms with Crippen LogP contribution in [-0.4, -0.2) is 30.1 Å². The van der Waals surface area contributed by atoms with Crippen molar-refractivity contribution in [1.29, 1.82) is 0 Å². The number of hydroxylamine groups is 2. The highest BCUT2D eigenvalue weighted by atomic mass is 19.4. The molecule has 1 amide bonds. The van der Waals surface area contributed by atoms with Crippen molar-refractivity contribution in [3.63, 3.8) is 0 Å². The molecule has 0 aliphatic heterocycles. The molecule has 1 aromatic rings. The minimum absolute atomic E-state index is 0.130. The van der Waals surface area contributed by atoms with Crippen LogP contribution in [-0.2, 0) is 11.0 Å². The molecule has 1 heterocycles. The summed E-state index contributed by atoms with van der Waals surface area (Å²) in [7, 11) is 2.55. The highest BCUT2D eigenvalue weighted by Crippen LogP contribution is 2.28. The molecule has 1 rings (SSSR count). The maximum absolute atomic E-state index is 12.4. The summed E-state index contributed by atoms with van der Waals surface area (Å²) in [6.45, 7) is 0. The first-order chi connectivity index (χ1) is 8.31. The first-order valence-corrected chi connectivity index (χ1v) is 4.68. The van der Waals surface area contributed by atoms with Crippen LogP contribution in [0.1, 0.15) is 21.7 Å². The molecule has 0 spiro atoms. The minimum Gasteiger partial charge on any atom is -0.274 e. The van der Waals surface area contributed by atoms with Gasteiger partial charge >= 0.3 is 6.18 Å². The van der Waals surface area contributed by atoms with E-state index in [1.807, 2.05) is 5.92 Å². The number of terminal acetylenes is 1. The number of carbonyl (C=O) groups is 1. The molecule has 18 heavy (non-hydrogen) atoms. The Hall–Kier alpha value is -2.07. The van der Waals surface area contributed by atoms with Crippen molar-refractivity contribution in [1.82, 2.24) is 10.0 Å². The minimum atomic E-state index is -4.61. The molecule has 0 aliphatic carbocycles. The Bertz CT molecular complexity index is 506. The Balaban J connectivity index is 3.26. The maximum atomic E-state index is 12.4. The smallest absolute Gasteiger partial charge is 0.274 e. The van der Waals surface area contributed by atoms with Crippen LogP contribution < -0.4 is 0 Å². The Labute approximate surface area is 101 Å². The van der Waals surface area contributed by atoms with E-state index in [2.05, 4.69) is 9.82 Å².